The summed E-state index contributed by atoms with van der Waals surface area (Å²) in [6.07, 6.45) is 0. The molecule has 0 bridgehead atoms. The average Bonchev–Trinajstić information content (AvgIpc) is 3.63. The summed E-state index contributed by atoms with van der Waals surface area (Å²) in [5.74, 6) is 1.77. The van der Waals surface area contributed by atoms with E-state index in [1.807, 2.05) is 0 Å². The summed E-state index contributed by atoms with van der Waals surface area (Å²) >= 11 is 0. The van der Waals surface area contributed by atoms with Gasteiger partial charge in [-0.2, -0.15) is 0 Å². The van der Waals surface area contributed by atoms with Crippen LogP contribution in [0, 0.1) is 0 Å². The van der Waals surface area contributed by atoms with Crippen molar-refractivity contribution < 1.29 is 4.42 Å². The van der Waals surface area contributed by atoms with Gasteiger partial charge in [-0.1, -0.05) is 158 Å². The molecule has 0 saturated heterocycles. The molecule has 0 saturated carbocycles. The third kappa shape index (κ3) is 5.34. The van der Waals surface area contributed by atoms with Crippen molar-refractivity contribution in [1.82, 2.24) is 15.0 Å². The van der Waals surface area contributed by atoms with Crippen LogP contribution < -0.4 is 0 Å². The van der Waals surface area contributed by atoms with E-state index in [-0.39, 0.29) is 0 Å². The number of fused-ring (bicyclic) bond motifs is 6. The van der Waals surface area contributed by atoms with Crippen LogP contribution in [0.5, 0.6) is 0 Å². The topological polar surface area (TPSA) is 51.8 Å². The lowest BCUT2D eigenvalue weighted by atomic mass is 9.93. The quantitative estimate of drug-likeness (QED) is 0.179. The van der Waals surface area contributed by atoms with Crippen molar-refractivity contribution in [2.75, 3.05) is 0 Å². The van der Waals surface area contributed by atoms with Gasteiger partial charge in [0.25, 0.3) is 0 Å². The van der Waals surface area contributed by atoms with Crippen molar-refractivity contribution in [2.24, 2.45) is 0 Å². The Hall–Kier alpha value is -7.43. The van der Waals surface area contributed by atoms with E-state index in [2.05, 4.69) is 188 Å². The van der Waals surface area contributed by atoms with Gasteiger partial charge in [-0.3, -0.25) is 0 Å². The standard InChI is InChI=1S/C51H31N3O/c1-2-12-32(13-3-1)37-19-10-20-39(28-37)46-42-21-9-8-18-38(42)31-45-43-22-11-23-44(47(43)55-48(45)46)51-53-49(40-26-24-33-14-4-6-16-35(33)29-40)52-50(54-51)41-27-25-34-15-5-7-17-36(34)30-41/h1-31H. The number of hydrogen-bond donors (Lipinski definition) is 0. The van der Waals surface area contributed by atoms with Crippen molar-refractivity contribution in [2.45, 2.75) is 0 Å². The molecule has 0 aliphatic carbocycles. The molecule has 0 unspecified atom stereocenters. The summed E-state index contributed by atoms with van der Waals surface area (Å²) < 4.78 is 7.08. The maximum absolute atomic E-state index is 7.08. The molecule has 11 rings (SSSR count). The third-order valence-electron chi connectivity index (χ3n) is 10.7. The third-order valence-corrected chi connectivity index (χ3v) is 10.7. The first kappa shape index (κ1) is 31.1. The summed E-state index contributed by atoms with van der Waals surface area (Å²) in [5, 5.41) is 8.94. The molecule has 0 atom stereocenters. The van der Waals surface area contributed by atoms with Crippen molar-refractivity contribution >= 4 is 54.3 Å². The van der Waals surface area contributed by atoms with Crippen LogP contribution in [0.3, 0.4) is 0 Å². The van der Waals surface area contributed by atoms with Crippen LogP contribution in [0.15, 0.2) is 192 Å². The molecule has 11 aromatic rings. The van der Waals surface area contributed by atoms with Gasteiger partial charge in [0.2, 0.25) is 0 Å². The van der Waals surface area contributed by atoms with Crippen LogP contribution in [0.25, 0.3) is 111 Å². The highest BCUT2D eigenvalue weighted by Crippen LogP contribution is 2.44. The van der Waals surface area contributed by atoms with Crippen LogP contribution in [0.4, 0.5) is 0 Å². The Kier molecular flexibility index (Phi) is 7.14. The number of nitrogens with zero attached hydrogens (tertiary/aromatic N) is 3. The Bertz CT molecular complexity index is 3180. The summed E-state index contributed by atoms with van der Waals surface area (Å²) in [6, 6.07) is 65.8. The minimum atomic E-state index is 0.558. The lowest BCUT2D eigenvalue weighted by molar-refractivity contribution is 0.671. The van der Waals surface area contributed by atoms with Crippen molar-refractivity contribution in [3.05, 3.63) is 188 Å². The smallest absolute Gasteiger partial charge is 0.167 e. The molecular weight excluding hydrogens is 671 g/mol. The van der Waals surface area contributed by atoms with E-state index in [0.717, 1.165) is 76.9 Å². The Balaban J connectivity index is 1.16. The zero-order valence-corrected chi connectivity index (χ0v) is 29.6. The molecule has 0 spiro atoms. The van der Waals surface area contributed by atoms with Gasteiger partial charge in [0.15, 0.2) is 17.5 Å². The molecule has 0 aliphatic rings. The molecule has 256 valence electrons. The Morgan fingerprint density at radius 3 is 1.55 bits per heavy atom. The molecule has 4 nitrogen and oxygen atoms in total. The second-order valence-corrected chi connectivity index (χ2v) is 14.0. The number of aromatic nitrogens is 3. The Labute approximate surface area is 317 Å². The van der Waals surface area contributed by atoms with Crippen LogP contribution >= 0.6 is 0 Å². The van der Waals surface area contributed by atoms with E-state index in [9.17, 15) is 0 Å². The predicted molar refractivity (Wildman–Crippen MR) is 227 cm³/mol. The molecule has 2 aromatic heterocycles. The van der Waals surface area contributed by atoms with E-state index < -0.39 is 0 Å². The van der Waals surface area contributed by atoms with E-state index in [0.29, 0.717) is 17.5 Å². The zero-order valence-electron chi connectivity index (χ0n) is 29.6. The second kappa shape index (κ2) is 12.6. The minimum Gasteiger partial charge on any atom is -0.455 e. The molecule has 9 aromatic carbocycles. The first-order valence-corrected chi connectivity index (χ1v) is 18.5. The molecule has 0 radical (unpaired) electrons. The van der Waals surface area contributed by atoms with Gasteiger partial charge in [0, 0.05) is 27.5 Å². The molecular formula is C51H31N3O. The lowest BCUT2D eigenvalue weighted by Gasteiger charge is -2.10. The van der Waals surface area contributed by atoms with Crippen LogP contribution in [-0.2, 0) is 0 Å². The summed E-state index contributed by atoms with van der Waals surface area (Å²) in [4.78, 5) is 15.5. The highest BCUT2D eigenvalue weighted by molar-refractivity contribution is 6.20. The molecule has 0 fully saturated rings. The Morgan fingerprint density at radius 2 is 0.836 bits per heavy atom. The molecule has 0 amide bonds. The zero-order chi connectivity index (χ0) is 36.3. The second-order valence-electron chi connectivity index (χ2n) is 14.0. The SMILES string of the molecule is c1ccc(-c2cccc(-c3c4ccccc4cc4c3oc3c(-c5nc(-c6ccc7ccccc7c6)nc(-c6ccc7ccccc7c6)n5)cccc34)c2)cc1. The van der Waals surface area contributed by atoms with Crippen molar-refractivity contribution in [1.29, 1.82) is 0 Å². The predicted octanol–water partition coefficient (Wildman–Crippen LogP) is 13.6. The summed E-state index contributed by atoms with van der Waals surface area (Å²) in [7, 11) is 0. The van der Waals surface area contributed by atoms with Crippen LogP contribution in [-0.4, -0.2) is 15.0 Å². The highest BCUT2D eigenvalue weighted by Gasteiger charge is 2.21. The fourth-order valence-electron chi connectivity index (χ4n) is 7.95. The normalized spacial score (nSPS) is 11.6. The van der Waals surface area contributed by atoms with Crippen molar-refractivity contribution in [3.63, 3.8) is 0 Å². The summed E-state index contributed by atoms with van der Waals surface area (Å²) in [5.41, 5.74) is 8.74. The molecule has 2 heterocycles. The first-order chi connectivity index (χ1) is 27.2. The highest BCUT2D eigenvalue weighted by atomic mass is 16.3. The maximum Gasteiger partial charge on any atom is 0.167 e. The van der Waals surface area contributed by atoms with Gasteiger partial charge in [-0.05, 0) is 79.3 Å². The van der Waals surface area contributed by atoms with E-state index in [1.54, 1.807) is 0 Å². The molecule has 0 N–H and O–H groups in total. The van der Waals surface area contributed by atoms with Gasteiger partial charge in [0.05, 0.1) is 5.56 Å². The molecule has 55 heavy (non-hydrogen) atoms. The minimum absolute atomic E-state index is 0.558. The number of hydrogen-bond acceptors (Lipinski definition) is 4. The number of para-hydroxylation sites is 1. The number of furan rings is 1. The maximum atomic E-state index is 7.08. The van der Waals surface area contributed by atoms with E-state index in [4.69, 9.17) is 19.4 Å². The van der Waals surface area contributed by atoms with Gasteiger partial charge in [-0.15, -0.1) is 0 Å². The van der Waals surface area contributed by atoms with E-state index >= 15 is 0 Å². The molecule has 4 heteroatoms. The fraction of sp³-hybridized carbons (Fsp3) is 0. The van der Waals surface area contributed by atoms with Crippen LogP contribution in [0.2, 0.25) is 0 Å². The average molecular weight is 702 g/mol. The number of rotatable bonds is 5. The summed E-state index contributed by atoms with van der Waals surface area (Å²) in [6.45, 7) is 0. The first-order valence-electron chi connectivity index (χ1n) is 18.5. The number of benzene rings is 9. The lowest BCUT2D eigenvalue weighted by Crippen LogP contribution is -2.00. The fourth-order valence-corrected chi connectivity index (χ4v) is 7.95. The monoisotopic (exact) mass is 701 g/mol. The van der Waals surface area contributed by atoms with Gasteiger partial charge in [-0.25, -0.2) is 15.0 Å². The Morgan fingerprint density at radius 1 is 0.291 bits per heavy atom. The largest absolute Gasteiger partial charge is 0.455 e. The van der Waals surface area contributed by atoms with Gasteiger partial charge in [0.1, 0.15) is 11.2 Å². The van der Waals surface area contributed by atoms with E-state index in [1.165, 1.54) is 16.3 Å². The molecule has 0 aliphatic heterocycles. The van der Waals surface area contributed by atoms with Crippen LogP contribution in [0.1, 0.15) is 0 Å². The van der Waals surface area contributed by atoms with Crippen molar-refractivity contribution in [3.8, 4) is 56.4 Å². The van der Waals surface area contributed by atoms with Gasteiger partial charge >= 0.3 is 0 Å². The van der Waals surface area contributed by atoms with Gasteiger partial charge < -0.3 is 4.42 Å².